The van der Waals surface area contributed by atoms with Crippen LogP contribution in [0.5, 0.6) is 0 Å². The summed E-state index contributed by atoms with van der Waals surface area (Å²) < 4.78 is 28.6. The van der Waals surface area contributed by atoms with E-state index in [4.69, 9.17) is 23.2 Å². The highest BCUT2D eigenvalue weighted by molar-refractivity contribution is 7.92. The van der Waals surface area contributed by atoms with Crippen LogP contribution in [0.15, 0.2) is 77.7 Å². The molecule has 0 aromatic heterocycles. The molecule has 0 aliphatic heterocycles. The lowest BCUT2D eigenvalue weighted by Crippen LogP contribution is -2.52. The Hall–Kier alpha value is -3.07. The van der Waals surface area contributed by atoms with Crippen molar-refractivity contribution in [2.24, 2.45) is 0 Å². The maximum Gasteiger partial charge on any atom is 0.264 e. The van der Waals surface area contributed by atoms with Crippen LogP contribution in [0.2, 0.25) is 10.0 Å². The summed E-state index contributed by atoms with van der Waals surface area (Å²) >= 11 is 12.2. The molecule has 3 rings (SSSR count). The lowest BCUT2D eigenvalue weighted by atomic mass is 10.1. The van der Waals surface area contributed by atoms with Crippen molar-refractivity contribution in [2.45, 2.75) is 51.2 Å². The molecule has 0 saturated heterocycles. The first kappa shape index (κ1) is 29.5. The molecule has 0 spiro atoms. The van der Waals surface area contributed by atoms with E-state index in [2.05, 4.69) is 5.32 Å². The van der Waals surface area contributed by atoms with E-state index in [0.717, 1.165) is 9.87 Å². The zero-order valence-electron chi connectivity index (χ0n) is 21.7. The van der Waals surface area contributed by atoms with Crippen molar-refractivity contribution < 1.29 is 18.0 Å². The van der Waals surface area contributed by atoms with Gasteiger partial charge in [0.05, 0.1) is 10.6 Å². The lowest BCUT2D eigenvalue weighted by Gasteiger charge is -2.32. The quantitative estimate of drug-likeness (QED) is 0.348. The van der Waals surface area contributed by atoms with Gasteiger partial charge in [0.1, 0.15) is 12.6 Å². The zero-order valence-corrected chi connectivity index (χ0v) is 24.0. The molecule has 1 unspecified atom stereocenters. The van der Waals surface area contributed by atoms with Gasteiger partial charge in [0.25, 0.3) is 10.0 Å². The molecule has 0 saturated carbocycles. The van der Waals surface area contributed by atoms with E-state index in [-0.39, 0.29) is 29.1 Å². The predicted octanol–water partition coefficient (Wildman–Crippen LogP) is 5.44. The smallest absolute Gasteiger partial charge is 0.264 e. The van der Waals surface area contributed by atoms with Crippen LogP contribution in [-0.2, 0) is 26.2 Å². The standard InChI is InChI=1S/C28H31Cl2N3O4S/c1-19(2)31-28(35)21(4)32(17-22-6-5-7-24(30)16-22)27(34)18-33(25-12-10-23(29)11-13-25)38(36,37)26-14-8-20(3)9-15-26/h5-16,19,21H,17-18H2,1-4H3,(H,31,35). The minimum Gasteiger partial charge on any atom is -0.352 e. The molecule has 0 bridgehead atoms. The van der Waals surface area contributed by atoms with E-state index in [9.17, 15) is 18.0 Å². The van der Waals surface area contributed by atoms with Gasteiger partial charge in [-0.15, -0.1) is 0 Å². The number of carbonyl (C=O) groups excluding carboxylic acids is 2. The van der Waals surface area contributed by atoms with Crippen LogP contribution in [0.3, 0.4) is 0 Å². The highest BCUT2D eigenvalue weighted by Gasteiger charge is 2.32. The molecule has 1 N–H and O–H groups in total. The minimum absolute atomic E-state index is 0.0397. The minimum atomic E-state index is -4.14. The van der Waals surface area contributed by atoms with Crippen molar-refractivity contribution in [2.75, 3.05) is 10.8 Å². The number of benzene rings is 3. The molecular formula is C28H31Cl2N3O4S. The number of aryl methyl sites for hydroxylation is 1. The average molecular weight is 577 g/mol. The highest BCUT2D eigenvalue weighted by Crippen LogP contribution is 2.26. The number of hydrogen-bond acceptors (Lipinski definition) is 4. The van der Waals surface area contributed by atoms with Crippen LogP contribution < -0.4 is 9.62 Å². The van der Waals surface area contributed by atoms with Gasteiger partial charge < -0.3 is 10.2 Å². The third-order valence-electron chi connectivity index (χ3n) is 5.84. The summed E-state index contributed by atoms with van der Waals surface area (Å²) in [6.45, 7) is 6.65. The third-order valence-corrected chi connectivity index (χ3v) is 8.12. The number of sulfonamides is 1. The van der Waals surface area contributed by atoms with Gasteiger partial charge in [0.15, 0.2) is 0 Å². The summed E-state index contributed by atoms with van der Waals surface area (Å²) in [5, 5.41) is 3.73. The summed E-state index contributed by atoms with van der Waals surface area (Å²) in [4.78, 5) is 28.1. The van der Waals surface area contributed by atoms with Gasteiger partial charge in [-0.25, -0.2) is 8.42 Å². The summed E-state index contributed by atoms with van der Waals surface area (Å²) in [6.07, 6.45) is 0. The van der Waals surface area contributed by atoms with Gasteiger partial charge in [-0.3, -0.25) is 13.9 Å². The Morgan fingerprint density at radius 1 is 0.895 bits per heavy atom. The van der Waals surface area contributed by atoms with Crippen LogP contribution in [0.25, 0.3) is 0 Å². The number of carbonyl (C=O) groups is 2. The molecule has 7 nitrogen and oxygen atoms in total. The van der Waals surface area contributed by atoms with Crippen molar-refractivity contribution in [3.63, 3.8) is 0 Å². The van der Waals surface area contributed by atoms with Crippen molar-refractivity contribution in [1.29, 1.82) is 0 Å². The molecule has 2 amide bonds. The number of nitrogens with one attached hydrogen (secondary N) is 1. The fraction of sp³-hybridized carbons (Fsp3) is 0.286. The molecule has 0 aliphatic carbocycles. The first-order valence-corrected chi connectivity index (χ1v) is 14.3. The monoisotopic (exact) mass is 575 g/mol. The summed E-state index contributed by atoms with van der Waals surface area (Å²) in [7, 11) is -4.14. The Balaban J connectivity index is 2.02. The molecule has 202 valence electrons. The van der Waals surface area contributed by atoms with Crippen LogP contribution in [0.4, 0.5) is 5.69 Å². The number of anilines is 1. The van der Waals surface area contributed by atoms with E-state index >= 15 is 0 Å². The van der Waals surface area contributed by atoms with Gasteiger partial charge >= 0.3 is 0 Å². The van der Waals surface area contributed by atoms with Gasteiger partial charge in [-0.05, 0) is 81.8 Å². The van der Waals surface area contributed by atoms with Gasteiger partial charge in [0.2, 0.25) is 11.8 Å². The fourth-order valence-electron chi connectivity index (χ4n) is 3.79. The van der Waals surface area contributed by atoms with E-state index in [1.807, 2.05) is 20.8 Å². The van der Waals surface area contributed by atoms with Crippen LogP contribution in [0, 0.1) is 6.92 Å². The third kappa shape index (κ3) is 7.49. The van der Waals surface area contributed by atoms with Gasteiger partial charge in [-0.2, -0.15) is 0 Å². The second kappa shape index (κ2) is 12.7. The Morgan fingerprint density at radius 2 is 1.53 bits per heavy atom. The number of halogens is 2. The molecule has 10 heteroatoms. The summed E-state index contributed by atoms with van der Waals surface area (Å²) in [5.74, 6) is -0.906. The van der Waals surface area contributed by atoms with E-state index in [1.54, 1.807) is 55.5 Å². The molecular weight excluding hydrogens is 545 g/mol. The second-order valence-electron chi connectivity index (χ2n) is 9.29. The van der Waals surface area contributed by atoms with Crippen LogP contribution in [-0.4, -0.2) is 43.8 Å². The number of nitrogens with zero attached hydrogens (tertiary/aromatic N) is 2. The molecule has 3 aromatic rings. The second-order valence-corrected chi connectivity index (χ2v) is 12.0. The average Bonchev–Trinajstić information content (AvgIpc) is 2.86. The predicted molar refractivity (Wildman–Crippen MR) is 152 cm³/mol. The van der Waals surface area contributed by atoms with Crippen molar-refractivity contribution in [1.82, 2.24) is 10.2 Å². The molecule has 0 fully saturated rings. The maximum absolute atomic E-state index is 13.8. The van der Waals surface area contributed by atoms with E-state index in [1.165, 1.54) is 29.2 Å². The SMILES string of the molecule is Cc1ccc(S(=O)(=O)N(CC(=O)N(Cc2cccc(Cl)c2)C(C)C(=O)NC(C)C)c2ccc(Cl)cc2)cc1. The first-order valence-electron chi connectivity index (χ1n) is 12.1. The Kier molecular flexibility index (Phi) is 9.82. The van der Waals surface area contributed by atoms with Crippen molar-refractivity contribution in [3.05, 3.63) is 94.0 Å². The normalized spacial score (nSPS) is 12.2. The number of amides is 2. The van der Waals surface area contributed by atoms with Gasteiger partial charge in [0, 0.05) is 22.6 Å². The topological polar surface area (TPSA) is 86.8 Å². The molecule has 38 heavy (non-hydrogen) atoms. The Morgan fingerprint density at radius 3 is 2.11 bits per heavy atom. The van der Waals surface area contributed by atoms with E-state index < -0.39 is 28.5 Å². The summed E-state index contributed by atoms with van der Waals surface area (Å²) in [6, 6.07) is 18.5. The molecule has 0 aliphatic rings. The number of hydrogen-bond donors (Lipinski definition) is 1. The molecule has 3 aromatic carbocycles. The largest absolute Gasteiger partial charge is 0.352 e. The lowest BCUT2D eigenvalue weighted by molar-refractivity contribution is -0.139. The van der Waals surface area contributed by atoms with Crippen LogP contribution in [0.1, 0.15) is 31.9 Å². The van der Waals surface area contributed by atoms with Crippen LogP contribution >= 0.6 is 23.2 Å². The molecule has 1 atom stereocenters. The molecule has 0 heterocycles. The summed E-state index contributed by atoms with van der Waals surface area (Å²) in [5.41, 5.74) is 1.87. The fourth-order valence-corrected chi connectivity index (χ4v) is 5.55. The van der Waals surface area contributed by atoms with Crippen molar-refractivity contribution in [3.8, 4) is 0 Å². The highest BCUT2D eigenvalue weighted by atomic mass is 35.5. The zero-order chi connectivity index (χ0) is 28.0. The first-order chi connectivity index (χ1) is 17.9. The number of rotatable bonds is 10. The van der Waals surface area contributed by atoms with Gasteiger partial charge in [-0.1, -0.05) is 53.0 Å². The maximum atomic E-state index is 13.8. The van der Waals surface area contributed by atoms with E-state index in [0.29, 0.717) is 15.6 Å². The Bertz CT molecular complexity index is 1380. The molecule has 0 radical (unpaired) electrons. The van der Waals surface area contributed by atoms with Crippen molar-refractivity contribution >= 4 is 50.7 Å². The Labute approximate surface area is 234 Å².